The lowest BCUT2D eigenvalue weighted by Crippen LogP contribution is -2.39. The van der Waals surface area contributed by atoms with Crippen molar-refractivity contribution in [2.45, 2.75) is 31.2 Å². The molecule has 1 saturated heterocycles. The molecule has 118 valence electrons. The molecule has 0 spiro atoms. The van der Waals surface area contributed by atoms with Crippen LogP contribution in [-0.4, -0.2) is 32.9 Å². The third kappa shape index (κ3) is 3.56. The second-order valence-corrected chi connectivity index (χ2v) is 7.86. The van der Waals surface area contributed by atoms with Crippen LogP contribution in [0.2, 0.25) is 5.02 Å². The number of hydrogen-bond acceptors (Lipinski definition) is 3. The lowest BCUT2D eigenvalue weighted by atomic mass is 10.0. The molecule has 1 atom stereocenters. The van der Waals surface area contributed by atoms with Crippen molar-refractivity contribution in [1.29, 1.82) is 0 Å². The fourth-order valence-corrected chi connectivity index (χ4v) is 4.67. The predicted molar refractivity (Wildman–Crippen MR) is 81.3 cm³/mol. The molecule has 1 heterocycles. The van der Waals surface area contributed by atoms with Gasteiger partial charge in [-0.15, -0.1) is 0 Å². The molecule has 1 fully saturated rings. The Labute approximate surface area is 130 Å². The first kappa shape index (κ1) is 16.7. The molecule has 0 saturated carbocycles. The molecule has 7 heteroatoms. The highest BCUT2D eigenvalue weighted by atomic mass is 35.5. The molecule has 1 N–H and O–H groups in total. The standard InChI is InChI=1S/C14H20ClFN2O2S/c1-10-4-3-5-18(9-10)21(19,20)13-7-12(15)6-11(8-17-2)14(13)16/h6-7,10,17H,3-5,8-9H2,1-2H3. The van der Waals surface area contributed by atoms with Crippen LogP contribution in [0, 0.1) is 11.7 Å². The zero-order chi connectivity index (χ0) is 15.6. The topological polar surface area (TPSA) is 49.4 Å². The van der Waals surface area contributed by atoms with E-state index in [1.54, 1.807) is 7.05 Å². The highest BCUT2D eigenvalue weighted by Gasteiger charge is 2.31. The molecule has 0 amide bonds. The van der Waals surface area contributed by atoms with Crippen LogP contribution >= 0.6 is 11.6 Å². The maximum Gasteiger partial charge on any atom is 0.246 e. The van der Waals surface area contributed by atoms with E-state index >= 15 is 0 Å². The minimum absolute atomic E-state index is 0.227. The third-order valence-corrected chi connectivity index (χ3v) is 5.77. The third-order valence-electron chi connectivity index (χ3n) is 3.68. The largest absolute Gasteiger partial charge is 0.316 e. The van der Waals surface area contributed by atoms with Crippen molar-refractivity contribution >= 4 is 21.6 Å². The van der Waals surface area contributed by atoms with Crippen LogP contribution in [-0.2, 0) is 16.6 Å². The molecule has 21 heavy (non-hydrogen) atoms. The minimum Gasteiger partial charge on any atom is -0.316 e. The van der Waals surface area contributed by atoms with Gasteiger partial charge in [-0.05, 0) is 37.9 Å². The summed E-state index contributed by atoms with van der Waals surface area (Å²) in [6, 6.07) is 2.65. The number of rotatable bonds is 4. The lowest BCUT2D eigenvalue weighted by Gasteiger charge is -2.30. The van der Waals surface area contributed by atoms with E-state index in [9.17, 15) is 12.8 Å². The van der Waals surface area contributed by atoms with E-state index in [0.29, 0.717) is 13.1 Å². The molecule has 0 bridgehead atoms. The average Bonchev–Trinajstić information content (AvgIpc) is 2.42. The van der Waals surface area contributed by atoms with Gasteiger partial charge in [-0.2, -0.15) is 4.31 Å². The first-order chi connectivity index (χ1) is 9.86. The number of hydrogen-bond donors (Lipinski definition) is 1. The van der Waals surface area contributed by atoms with Gasteiger partial charge in [0.2, 0.25) is 10.0 Å². The van der Waals surface area contributed by atoms with Crippen molar-refractivity contribution < 1.29 is 12.8 Å². The number of sulfonamides is 1. The Morgan fingerprint density at radius 2 is 2.19 bits per heavy atom. The quantitative estimate of drug-likeness (QED) is 0.920. The van der Waals surface area contributed by atoms with Crippen molar-refractivity contribution in [3.8, 4) is 0 Å². The highest BCUT2D eigenvalue weighted by Crippen LogP contribution is 2.29. The molecule has 1 aliphatic heterocycles. The van der Waals surface area contributed by atoms with E-state index in [4.69, 9.17) is 11.6 Å². The van der Waals surface area contributed by atoms with Gasteiger partial charge in [0.25, 0.3) is 0 Å². The summed E-state index contributed by atoms with van der Waals surface area (Å²) in [4.78, 5) is -0.325. The molecule has 1 aliphatic rings. The summed E-state index contributed by atoms with van der Waals surface area (Å²) in [6.07, 6.45) is 1.79. The van der Waals surface area contributed by atoms with E-state index in [1.165, 1.54) is 16.4 Å². The van der Waals surface area contributed by atoms with Gasteiger partial charge in [-0.25, -0.2) is 12.8 Å². The van der Waals surface area contributed by atoms with E-state index < -0.39 is 15.8 Å². The molecule has 4 nitrogen and oxygen atoms in total. The maximum absolute atomic E-state index is 14.5. The van der Waals surface area contributed by atoms with Crippen molar-refractivity contribution in [2.75, 3.05) is 20.1 Å². The zero-order valence-corrected chi connectivity index (χ0v) is 13.8. The summed E-state index contributed by atoms with van der Waals surface area (Å²) in [7, 11) is -2.18. The summed E-state index contributed by atoms with van der Waals surface area (Å²) in [5.41, 5.74) is 0.258. The smallest absolute Gasteiger partial charge is 0.246 e. The number of nitrogens with zero attached hydrogens (tertiary/aromatic N) is 1. The Bertz CT molecular complexity index is 622. The highest BCUT2D eigenvalue weighted by molar-refractivity contribution is 7.89. The maximum atomic E-state index is 14.5. The summed E-state index contributed by atoms with van der Waals surface area (Å²) in [5, 5.41) is 3.04. The van der Waals surface area contributed by atoms with Crippen LogP contribution in [0.4, 0.5) is 4.39 Å². The SMILES string of the molecule is CNCc1cc(Cl)cc(S(=O)(=O)N2CCCC(C)C2)c1F. The number of nitrogens with one attached hydrogen (secondary N) is 1. The van der Waals surface area contributed by atoms with Crippen molar-refractivity contribution in [3.05, 3.63) is 28.5 Å². The van der Waals surface area contributed by atoms with Crippen molar-refractivity contribution in [3.63, 3.8) is 0 Å². The first-order valence-electron chi connectivity index (χ1n) is 6.99. The second-order valence-electron chi connectivity index (χ2n) is 5.52. The minimum atomic E-state index is -3.84. The van der Waals surface area contributed by atoms with Crippen LogP contribution in [0.25, 0.3) is 0 Å². The molecule has 1 aromatic rings. The predicted octanol–water partition coefficient (Wildman–Crippen LogP) is 2.62. The average molecular weight is 335 g/mol. The van der Waals surface area contributed by atoms with Gasteiger partial charge in [-0.1, -0.05) is 18.5 Å². The summed E-state index contributed by atoms with van der Waals surface area (Å²) in [5.74, 6) is -0.431. The lowest BCUT2D eigenvalue weighted by molar-refractivity contribution is 0.280. The van der Waals surface area contributed by atoms with Gasteiger partial charge in [0.15, 0.2) is 0 Å². The number of benzene rings is 1. The van der Waals surface area contributed by atoms with E-state index in [0.717, 1.165) is 12.8 Å². The van der Waals surface area contributed by atoms with Crippen molar-refractivity contribution in [2.24, 2.45) is 5.92 Å². The van der Waals surface area contributed by atoms with Crippen LogP contribution in [0.3, 0.4) is 0 Å². The number of piperidine rings is 1. The van der Waals surface area contributed by atoms with Gasteiger partial charge in [0, 0.05) is 30.2 Å². The molecule has 0 aromatic heterocycles. The van der Waals surface area contributed by atoms with Gasteiger partial charge in [-0.3, -0.25) is 0 Å². The summed E-state index contributed by atoms with van der Waals surface area (Å²) < 4.78 is 41.2. The zero-order valence-electron chi connectivity index (χ0n) is 12.2. The molecule has 0 radical (unpaired) electrons. The Kier molecular flexibility index (Phi) is 5.24. The van der Waals surface area contributed by atoms with Gasteiger partial charge >= 0.3 is 0 Å². The van der Waals surface area contributed by atoms with E-state index in [1.807, 2.05) is 6.92 Å². The molecule has 0 aliphatic carbocycles. The molecular weight excluding hydrogens is 315 g/mol. The Balaban J connectivity index is 2.44. The summed E-state index contributed by atoms with van der Waals surface area (Å²) >= 11 is 5.95. The molecular formula is C14H20ClFN2O2S. The Morgan fingerprint density at radius 1 is 1.48 bits per heavy atom. The second kappa shape index (κ2) is 6.60. The fraction of sp³-hybridized carbons (Fsp3) is 0.571. The Morgan fingerprint density at radius 3 is 2.81 bits per heavy atom. The fourth-order valence-electron chi connectivity index (χ4n) is 2.63. The first-order valence-corrected chi connectivity index (χ1v) is 8.80. The normalized spacial score (nSPS) is 20.7. The monoisotopic (exact) mass is 334 g/mol. The van der Waals surface area contributed by atoms with Crippen LogP contribution in [0.15, 0.2) is 17.0 Å². The van der Waals surface area contributed by atoms with E-state index in [-0.39, 0.29) is 27.9 Å². The molecule has 1 unspecified atom stereocenters. The van der Waals surface area contributed by atoms with Crippen LogP contribution in [0.1, 0.15) is 25.3 Å². The van der Waals surface area contributed by atoms with E-state index in [2.05, 4.69) is 5.32 Å². The van der Waals surface area contributed by atoms with Crippen LogP contribution < -0.4 is 5.32 Å². The Hall–Kier alpha value is -0.690. The number of halogens is 2. The molecule has 1 aromatic carbocycles. The van der Waals surface area contributed by atoms with Gasteiger partial charge in [0.05, 0.1) is 0 Å². The molecule has 2 rings (SSSR count). The van der Waals surface area contributed by atoms with Gasteiger partial charge in [0.1, 0.15) is 10.7 Å². The van der Waals surface area contributed by atoms with Gasteiger partial charge < -0.3 is 5.32 Å². The van der Waals surface area contributed by atoms with Crippen molar-refractivity contribution in [1.82, 2.24) is 9.62 Å². The van der Waals surface area contributed by atoms with Crippen LogP contribution in [0.5, 0.6) is 0 Å². The summed E-state index contributed by atoms with van der Waals surface area (Å²) in [6.45, 7) is 3.09.